The first-order valence-electron chi connectivity index (χ1n) is 2.71. The highest BCUT2D eigenvalue weighted by Gasteiger charge is 2.04. The highest BCUT2D eigenvalue weighted by Crippen LogP contribution is 2.17. The number of carboxylic acid groups (broad SMARTS) is 1. The van der Waals surface area contributed by atoms with Crippen molar-refractivity contribution >= 4 is 29.2 Å². The molecule has 0 atom stereocenters. The van der Waals surface area contributed by atoms with Gasteiger partial charge in [0.2, 0.25) is 0 Å². The van der Waals surface area contributed by atoms with E-state index in [2.05, 4.69) is 6.07 Å². The zero-order chi connectivity index (χ0) is 8.43. The molecule has 0 fully saturated rings. The molecule has 0 heterocycles. The fourth-order valence-electron chi connectivity index (χ4n) is 0.617. The van der Waals surface area contributed by atoms with Crippen molar-refractivity contribution in [2.24, 2.45) is 0 Å². The molecular formula is C7H3Cl2O2. The predicted molar refractivity (Wildman–Crippen MR) is 42.3 cm³/mol. The van der Waals surface area contributed by atoms with Crippen molar-refractivity contribution in [2.75, 3.05) is 0 Å². The number of aromatic carboxylic acids is 1. The number of hydrogen-bond acceptors (Lipinski definition) is 1. The van der Waals surface area contributed by atoms with E-state index >= 15 is 0 Å². The Morgan fingerprint density at radius 1 is 1.45 bits per heavy atom. The predicted octanol–water partition coefficient (Wildman–Crippen LogP) is 2.49. The lowest BCUT2D eigenvalue weighted by Crippen LogP contribution is -1.95. The molecular weight excluding hydrogens is 187 g/mol. The van der Waals surface area contributed by atoms with Crippen molar-refractivity contribution < 1.29 is 9.90 Å². The number of benzene rings is 1. The number of hydrogen-bond donors (Lipinski definition) is 1. The third-order valence-corrected chi connectivity index (χ3v) is 1.45. The van der Waals surface area contributed by atoms with Gasteiger partial charge in [0.1, 0.15) is 0 Å². The Balaban J connectivity index is 3.19. The van der Waals surface area contributed by atoms with E-state index in [4.69, 9.17) is 28.3 Å². The van der Waals surface area contributed by atoms with Crippen LogP contribution in [-0.4, -0.2) is 11.1 Å². The summed E-state index contributed by atoms with van der Waals surface area (Å²) in [6, 6.07) is 5.14. The monoisotopic (exact) mass is 189 g/mol. The summed E-state index contributed by atoms with van der Waals surface area (Å²) in [5.41, 5.74) is -0.0255. The molecule has 11 heavy (non-hydrogen) atoms. The highest BCUT2D eigenvalue weighted by molar-refractivity contribution is 6.35. The lowest BCUT2D eigenvalue weighted by Gasteiger charge is -1.94. The van der Waals surface area contributed by atoms with Gasteiger partial charge in [-0.1, -0.05) is 23.2 Å². The van der Waals surface area contributed by atoms with Crippen LogP contribution in [0.4, 0.5) is 0 Å². The molecule has 57 valence electrons. The zero-order valence-corrected chi connectivity index (χ0v) is 6.78. The van der Waals surface area contributed by atoms with E-state index in [1.165, 1.54) is 12.1 Å². The first kappa shape index (κ1) is 8.37. The smallest absolute Gasteiger partial charge is 0.336 e. The summed E-state index contributed by atoms with van der Waals surface area (Å²) in [7, 11) is 0. The fraction of sp³-hybridized carbons (Fsp3) is 0. The van der Waals surface area contributed by atoms with E-state index < -0.39 is 5.97 Å². The summed E-state index contributed by atoms with van der Waals surface area (Å²) in [6.45, 7) is 0. The molecule has 0 amide bonds. The highest BCUT2D eigenvalue weighted by atomic mass is 35.5. The molecule has 0 spiro atoms. The van der Waals surface area contributed by atoms with Gasteiger partial charge < -0.3 is 5.11 Å². The standard InChI is InChI=1S/C7H3Cl2O2/c8-5-1-4(7(10)11)2-6(9)3-5/h1,3H,(H,10,11). The Hall–Kier alpha value is -0.730. The molecule has 0 saturated carbocycles. The fourth-order valence-corrected chi connectivity index (χ4v) is 1.11. The quantitative estimate of drug-likeness (QED) is 0.738. The van der Waals surface area contributed by atoms with Gasteiger partial charge in [0.25, 0.3) is 0 Å². The maximum Gasteiger partial charge on any atom is 0.336 e. The summed E-state index contributed by atoms with van der Waals surface area (Å²) in [4.78, 5) is 10.4. The van der Waals surface area contributed by atoms with Crippen molar-refractivity contribution in [3.63, 3.8) is 0 Å². The van der Waals surface area contributed by atoms with Crippen LogP contribution in [-0.2, 0) is 0 Å². The zero-order valence-electron chi connectivity index (χ0n) is 5.27. The molecule has 0 aliphatic rings. The van der Waals surface area contributed by atoms with Crippen LogP contribution < -0.4 is 0 Å². The largest absolute Gasteiger partial charge is 0.478 e. The molecule has 4 heteroatoms. The number of rotatable bonds is 1. The second-order valence-electron chi connectivity index (χ2n) is 1.87. The minimum Gasteiger partial charge on any atom is -0.478 e. The van der Waals surface area contributed by atoms with Gasteiger partial charge in [-0.3, -0.25) is 0 Å². The average Bonchev–Trinajstić information content (AvgIpc) is 1.85. The van der Waals surface area contributed by atoms with Crippen LogP contribution in [0.5, 0.6) is 0 Å². The van der Waals surface area contributed by atoms with Crippen LogP contribution in [0.1, 0.15) is 10.4 Å². The molecule has 1 rings (SSSR count). The molecule has 0 bridgehead atoms. The van der Waals surface area contributed by atoms with Gasteiger partial charge in [0, 0.05) is 11.1 Å². The molecule has 1 N–H and O–H groups in total. The van der Waals surface area contributed by atoms with E-state index in [0.717, 1.165) is 0 Å². The third-order valence-electron chi connectivity index (χ3n) is 1.03. The SMILES string of the molecule is O=C(O)c1[c]c(Cl)cc(Cl)c1. The minimum atomic E-state index is -1.09. The maximum absolute atomic E-state index is 10.4. The Morgan fingerprint density at radius 2 is 2.09 bits per heavy atom. The van der Waals surface area contributed by atoms with E-state index in [1.54, 1.807) is 0 Å². The first-order chi connectivity index (χ1) is 5.09. The number of carboxylic acids is 1. The van der Waals surface area contributed by atoms with Gasteiger partial charge in [0.15, 0.2) is 0 Å². The molecule has 0 aliphatic heterocycles. The first-order valence-corrected chi connectivity index (χ1v) is 3.47. The van der Waals surface area contributed by atoms with E-state index in [1.807, 2.05) is 0 Å². The van der Waals surface area contributed by atoms with E-state index in [0.29, 0.717) is 5.02 Å². The summed E-state index contributed by atoms with van der Waals surface area (Å²) in [5, 5.41) is 8.99. The Labute approximate surface area is 73.4 Å². The van der Waals surface area contributed by atoms with Gasteiger partial charge in [0.05, 0.1) is 10.6 Å². The van der Waals surface area contributed by atoms with Crippen LogP contribution >= 0.6 is 23.2 Å². The number of carbonyl (C=O) groups is 1. The van der Waals surface area contributed by atoms with Crippen LogP contribution in [0, 0.1) is 6.07 Å². The summed E-state index contributed by atoms with van der Waals surface area (Å²) in [6.07, 6.45) is 0. The van der Waals surface area contributed by atoms with Crippen molar-refractivity contribution in [1.29, 1.82) is 0 Å². The maximum atomic E-state index is 10.4. The normalized spacial score (nSPS) is 9.64. The second kappa shape index (κ2) is 3.11. The van der Waals surface area contributed by atoms with Gasteiger partial charge in [-0.05, 0) is 12.1 Å². The Morgan fingerprint density at radius 3 is 2.55 bits per heavy atom. The van der Waals surface area contributed by atoms with Crippen molar-refractivity contribution in [3.8, 4) is 0 Å². The molecule has 0 saturated heterocycles. The van der Waals surface area contributed by atoms with Gasteiger partial charge >= 0.3 is 5.97 Å². The summed E-state index contributed by atoms with van der Waals surface area (Å²) >= 11 is 11.0. The summed E-state index contributed by atoms with van der Waals surface area (Å²) < 4.78 is 0. The molecule has 0 unspecified atom stereocenters. The molecule has 1 aromatic carbocycles. The second-order valence-corrected chi connectivity index (χ2v) is 2.71. The summed E-state index contributed by atoms with van der Waals surface area (Å²) in [5.74, 6) is -1.09. The van der Waals surface area contributed by atoms with E-state index in [9.17, 15) is 4.79 Å². The van der Waals surface area contributed by atoms with Crippen molar-refractivity contribution in [1.82, 2.24) is 0 Å². The van der Waals surface area contributed by atoms with Crippen LogP contribution in [0.25, 0.3) is 0 Å². The van der Waals surface area contributed by atoms with Crippen molar-refractivity contribution in [3.05, 3.63) is 33.8 Å². The average molecular weight is 190 g/mol. The van der Waals surface area contributed by atoms with Crippen LogP contribution in [0.2, 0.25) is 10.0 Å². The van der Waals surface area contributed by atoms with Crippen LogP contribution in [0.15, 0.2) is 12.1 Å². The molecule has 0 aromatic heterocycles. The number of halogens is 2. The van der Waals surface area contributed by atoms with Crippen molar-refractivity contribution in [2.45, 2.75) is 0 Å². The van der Waals surface area contributed by atoms with Gasteiger partial charge in [-0.25, -0.2) is 4.79 Å². The lowest BCUT2D eigenvalue weighted by molar-refractivity contribution is 0.0696. The van der Waals surface area contributed by atoms with Gasteiger partial charge in [-0.2, -0.15) is 0 Å². The molecule has 2 nitrogen and oxygen atoms in total. The Bertz CT molecular complexity index is 276. The van der Waals surface area contributed by atoms with Gasteiger partial charge in [-0.15, -0.1) is 0 Å². The molecule has 1 aromatic rings. The third kappa shape index (κ3) is 2.10. The lowest BCUT2D eigenvalue weighted by atomic mass is 10.2. The molecule has 0 aliphatic carbocycles. The van der Waals surface area contributed by atoms with E-state index in [-0.39, 0.29) is 10.6 Å². The topological polar surface area (TPSA) is 37.3 Å². The minimum absolute atomic E-state index is 0.0255. The molecule has 1 radical (unpaired) electrons. The van der Waals surface area contributed by atoms with Crippen LogP contribution in [0.3, 0.4) is 0 Å². The Kier molecular flexibility index (Phi) is 2.37.